The predicted molar refractivity (Wildman–Crippen MR) is 144 cm³/mol. The highest BCUT2D eigenvalue weighted by atomic mass is 16.2. The lowest BCUT2D eigenvalue weighted by molar-refractivity contribution is 0.118. The standard InChI is InChI=1S/C29H37N5O/c1-4-20(3)14-22(5-2)28-25-15-23-18-34(29(35)30-26(23)16-27(25)31-32-28)24-12-9-13-33(19-24)17-21-10-7-6-8-11-21/h5,7,10-11,14-16,24H,4,6,8-9,12-13,17-19H2,1-3H3,(H,30,35)(H,31,32)/b20-14+,22-5+/t24-/m1/s1. The SMILES string of the molecule is C/C=C(\C=C(/C)CC)c1n[nH]c2cc3c(cc12)CN([C@@H]1CCCN(CC2=CCCC=C2)C1)C(=O)N3. The van der Waals surface area contributed by atoms with E-state index in [0.29, 0.717) is 6.54 Å². The number of carbonyl (C=O) groups is 1. The third-order valence-electron chi connectivity index (χ3n) is 7.57. The van der Waals surface area contributed by atoms with Crippen molar-refractivity contribution >= 4 is 28.2 Å². The fourth-order valence-corrected chi connectivity index (χ4v) is 5.44. The Morgan fingerprint density at radius 2 is 2.17 bits per heavy atom. The summed E-state index contributed by atoms with van der Waals surface area (Å²) in [5.74, 6) is 0. The number of amides is 2. The summed E-state index contributed by atoms with van der Waals surface area (Å²) in [6.45, 7) is 10.0. The summed E-state index contributed by atoms with van der Waals surface area (Å²) in [7, 11) is 0. The van der Waals surface area contributed by atoms with E-state index in [2.05, 4.69) is 77.6 Å². The van der Waals surface area contributed by atoms with Crippen LogP contribution < -0.4 is 5.32 Å². The van der Waals surface area contributed by atoms with Gasteiger partial charge in [-0.1, -0.05) is 42.9 Å². The van der Waals surface area contributed by atoms with Crippen molar-refractivity contribution in [3.8, 4) is 0 Å². The predicted octanol–water partition coefficient (Wildman–Crippen LogP) is 6.41. The number of piperidine rings is 1. The Kier molecular flexibility index (Phi) is 6.91. The third kappa shape index (κ3) is 4.98. The Balaban J connectivity index is 1.38. The zero-order valence-corrected chi connectivity index (χ0v) is 21.2. The first-order valence-corrected chi connectivity index (χ1v) is 13.1. The van der Waals surface area contributed by atoms with Crippen LogP contribution in [0.15, 0.2) is 53.7 Å². The first-order chi connectivity index (χ1) is 17.1. The Hall–Kier alpha value is -3.12. The van der Waals surface area contributed by atoms with Crippen LogP contribution in [0, 0.1) is 0 Å². The van der Waals surface area contributed by atoms with Crippen LogP contribution in [0.4, 0.5) is 10.5 Å². The second kappa shape index (κ2) is 10.2. The molecule has 6 nitrogen and oxygen atoms in total. The molecule has 0 radical (unpaired) electrons. The van der Waals surface area contributed by atoms with Crippen LogP contribution >= 0.6 is 0 Å². The molecule has 1 atom stereocenters. The van der Waals surface area contributed by atoms with Gasteiger partial charge in [0.1, 0.15) is 0 Å². The maximum absolute atomic E-state index is 13.1. The number of likely N-dealkylation sites (tertiary alicyclic amines) is 1. The molecule has 3 aliphatic rings. The molecule has 1 saturated heterocycles. The lowest BCUT2D eigenvalue weighted by atomic mass is 9.98. The number of aromatic nitrogens is 2. The van der Waals surface area contributed by atoms with E-state index in [1.54, 1.807) is 0 Å². The van der Waals surface area contributed by atoms with E-state index in [-0.39, 0.29) is 12.1 Å². The minimum atomic E-state index is 0.0101. The number of rotatable bonds is 6. The summed E-state index contributed by atoms with van der Waals surface area (Å²) in [6, 6.07) is 4.49. The van der Waals surface area contributed by atoms with Gasteiger partial charge in [0, 0.05) is 36.7 Å². The van der Waals surface area contributed by atoms with Crippen molar-refractivity contribution in [3.05, 3.63) is 64.9 Å². The Morgan fingerprint density at radius 1 is 1.29 bits per heavy atom. The number of aromatic amines is 1. The normalized spacial score (nSPS) is 21.8. The molecule has 0 spiro atoms. The summed E-state index contributed by atoms with van der Waals surface area (Å²) < 4.78 is 0. The number of nitrogens with zero attached hydrogens (tertiary/aromatic N) is 3. The zero-order valence-electron chi connectivity index (χ0n) is 21.2. The smallest absolute Gasteiger partial charge is 0.316 e. The molecule has 2 aromatic rings. The molecule has 6 heteroatoms. The second-order valence-corrected chi connectivity index (χ2v) is 10.1. The molecule has 3 heterocycles. The molecular formula is C29H37N5O. The quantitative estimate of drug-likeness (QED) is 0.479. The van der Waals surface area contributed by atoms with Crippen LogP contribution in [0.2, 0.25) is 0 Å². The summed E-state index contributed by atoms with van der Waals surface area (Å²) >= 11 is 0. The molecule has 5 rings (SSSR count). The third-order valence-corrected chi connectivity index (χ3v) is 7.57. The van der Waals surface area contributed by atoms with E-state index in [1.165, 1.54) is 11.1 Å². The number of fused-ring (bicyclic) bond motifs is 2. The molecule has 2 amide bonds. The van der Waals surface area contributed by atoms with Crippen molar-refractivity contribution in [3.63, 3.8) is 0 Å². The van der Waals surface area contributed by atoms with Gasteiger partial charge in [0.25, 0.3) is 0 Å². The lowest BCUT2D eigenvalue weighted by Crippen LogP contribution is -2.52. The average molecular weight is 472 g/mol. The van der Waals surface area contributed by atoms with Gasteiger partial charge < -0.3 is 10.2 Å². The largest absolute Gasteiger partial charge is 0.322 e. The van der Waals surface area contributed by atoms with Gasteiger partial charge in [-0.3, -0.25) is 10.00 Å². The minimum Gasteiger partial charge on any atom is -0.316 e. The van der Waals surface area contributed by atoms with Gasteiger partial charge in [-0.15, -0.1) is 0 Å². The highest BCUT2D eigenvalue weighted by Gasteiger charge is 2.32. The van der Waals surface area contributed by atoms with Crippen molar-refractivity contribution in [1.29, 1.82) is 0 Å². The molecule has 0 bridgehead atoms. The van der Waals surface area contributed by atoms with Crippen LogP contribution in [-0.2, 0) is 6.54 Å². The number of hydrogen-bond acceptors (Lipinski definition) is 3. The van der Waals surface area contributed by atoms with Crippen molar-refractivity contribution in [2.75, 3.05) is 25.0 Å². The van der Waals surface area contributed by atoms with Crippen LogP contribution in [0.5, 0.6) is 0 Å². The average Bonchev–Trinajstić information content (AvgIpc) is 3.28. The van der Waals surface area contributed by atoms with Gasteiger partial charge in [-0.05, 0) is 81.3 Å². The molecule has 35 heavy (non-hydrogen) atoms. The number of anilines is 1. The zero-order chi connectivity index (χ0) is 24.4. The van der Waals surface area contributed by atoms with Crippen LogP contribution in [0.25, 0.3) is 16.5 Å². The Bertz CT molecular complexity index is 1230. The number of hydrogen-bond donors (Lipinski definition) is 2. The minimum absolute atomic E-state index is 0.0101. The van der Waals surface area contributed by atoms with Gasteiger partial charge in [0.2, 0.25) is 0 Å². The molecular weight excluding hydrogens is 434 g/mol. The number of carbonyl (C=O) groups excluding carboxylic acids is 1. The summed E-state index contributed by atoms with van der Waals surface area (Å²) in [5.41, 5.74) is 7.83. The van der Waals surface area contributed by atoms with E-state index >= 15 is 0 Å². The number of urea groups is 1. The lowest BCUT2D eigenvalue weighted by Gasteiger charge is -2.41. The van der Waals surface area contributed by atoms with E-state index in [4.69, 9.17) is 0 Å². The first kappa shape index (κ1) is 23.6. The van der Waals surface area contributed by atoms with Crippen LogP contribution in [0.3, 0.4) is 0 Å². The number of benzene rings is 1. The molecule has 2 aliphatic heterocycles. The van der Waals surface area contributed by atoms with E-state index in [1.807, 2.05) is 11.0 Å². The molecule has 2 N–H and O–H groups in total. The van der Waals surface area contributed by atoms with Gasteiger partial charge in [0.05, 0.1) is 11.2 Å². The van der Waals surface area contributed by atoms with Crippen molar-refractivity contribution < 1.29 is 4.79 Å². The monoisotopic (exact) mass is 471 g/mol. The van der Waals surface area contributed by atoms with Crippen molar-refractivity contribution in [2.24, 2.45) is 0 Å². The van der Waals surface area contributed by atoms with Gasteiger partial charge >= 0.3 is 6.03 Å². The number of H-pyrrole nitrogens is 1. The molecule has 1 aromatic heterocycles. The highest BCUT2D eigenvalue weighted by molar-refractivity contribution is 5.99. The molecule has 0 unspecified atom stereocenters. The molecule has 1 aliphatic carbocycles. The Morgan fingerprint density at radius 3 is 2.94 bits per heavy atom. The molecule has 184 valence electrons. The number of nitrogens with one attached hydrogen (secondary N) is 2. The highest BCUT2D eigenvalue weighted by Crippen LogP contribution is 2.34. The van der Waals surface area contributed by atoms with Gasteiger partial charge in [0.15, 0.2) is 0 Å². The maximum Gasteiger partial charge on any atom is 0.322 e. The van der Waals surface area contributed by atoms with E-state index in [9.17, 15) is 4.79 Å². The van der Waals surface area contributed by atoms with Crippen LogP contribution in [-0.4, -0.2) is 51.7 Å². The second-order valence-electron chi connectivity index (χ2n) is 10.1. The summed E-state index contributed by atoms with van der Waals surface area (Å²) in [6.07, 6.45) is 16.7. The van der Waals surface area contributed by atoms with Crippen LogP contribution in [0.1, 0.15) is 64.1 Å². The number of allylic oxidation sites excluding steroid dienone is 6. The first-order valence-electron chi connectivity index (χ1n) is 13.1. The summed E-state index contributed by atoms with van der Waals surface area (Å²) in [5, 5.41) is 12.1. The Labute approximate surface area is 208 Å². The van der Waals surface area contributed by atoms with Gasteiger partial charge in [-0.25, -0.2) is 4.79 Å². The van der Waals surface area contributed by atoms with Gasteiger partial charge in [-0.2, -0.15) is 5.10 Å². The van der Waals surface area contributed by atoms with E-state index < -0.39 is 0 Å². The molecule has 1 fully saturated rings. The fraction of sp³-hybridized carbons (Fsp3) is 0.448. The fourth-order valence-electron chi connectivity index (χ4n) is 5.44. The molecule has 1 aromatic carbocycles. The van der Waals surface area contributed by atoms with Crippen molar-refractivity contribution in [2.45, 2.75) is 65.5 Å². The topological polar surface area (TPSA) is 64.3 Å². The summed E-state index contributed by atoms with van der Waals surface area (Å²) in [4.78, 5) is 17.7. The maximum atomic E-state index is 13.1. The van der Waals surface area contributed by atoms with Crippen molar-refractivity contribution in [1.82, 2.24) is 20.0 Å². The van der Waals surface area contributed by atoms with E-state index in [0.717, 1.165) is 85.2 Å². The molecule has 0 saturated carbocycles.